The number of para-hydroxylation sites is 1. The van der Waals surface area contributed by atoms with E-state index in [0.717, 1.165) is 5.56 Å². The minimum Gasteiger partial charge on any atom is -0.455 e. The fourth-order valence-electron chi connectivity index (χ4n) is 5.90. The van der Waals surface area contributed by atoms with E-state index in [0.29, 0.717) is 44.5 Å². The minimum absolute atomic E-state index is 0.0601. The van der Waals surface area contributed by atoms with Crippen LogP contribution >= 0.6 is 7.60 Å². The molecular formula is C35H30NO6PS. The Hall–Kier alpha value is -4.46. The lowest BCUT2D eigenvalue weighted by molar-refractivity contribution is 0.349. The molecule has 0 saturated heterocycles. The van der Waals surface area contributed by atoms with Crippen LogP contribution in [0.25, 0.3) is 22.3 Å². The maximum absolute atomic E-state index is 14.1. The van der Waals surface area contributed by atoms with Gasteiger partial charge in [-0.3, -0.25) is 9.29 Å². The molecule has 0 saturated carbocycles. The largest absolute Gasteiger partial charge is 0.455 e. The number of hydrogen-bond acceptors (Lipinski definition) is 4. The Bertz CT molecular complexity index is 2080. The van der Waals surface area contributed by atoms with Gasteiger partial charge in [-0.15, -0.1) is 0 Å². The number of benzene rings is 5. The maximum atomic E-state index is 14.1. The van der Waals surface area contributed by atoms with Gasteiger partial charge in [0.1, 0.15) is 15.6 Å². The molecule has 7 nitrogen and oxygen atoms in total. The Morgan fingerprint density at radius 2 is 1.27 bits per heavy atom. The Balaban J connectivity index is 1.65. The monoisotopic (exact) mass is 623 g/mol. The number of hydrogen-bond donors (Lipinski definition) is 3. The Labute approximate surface area is 256 Å². The molecule has 0 aliphatic carbocycles. The molecule has 44 heavy (non-hydrogen) atoms. The highest BCUT2D eigenvalue weighted by Crippen LogP contribution is 2.65. The molecule has 6 aromatic rings. The van der Waals surface area contributed by atoms with E-state index in [-0.39, 0.29) is 10.7 Å². The van der Waals surface area contributed by atoms with Crippen LogP contribution in [0.2, 0.25) is 0 Å². The van der Waals surface area contributed by atoms with E-state index < -0.39 is 22.8 Å². The quantitative estimate of drug-likeness (QED) is 0.117. The number of nitrogens with one attached hydrogen (secondary N) is 1. The molecule has 0 radical (unpaired) electrons. The van der Waals surface area contributed by atoms with Crippen LogP contribution in [-0.2, 0) is 19.7 Å². The molecule has 0 fully saturated rings. The van der Waals surface area contributed by atoms with E-state index in [1.807, 2.05) is 19.1 Å². The standard InChI is InChI=1S/C35H30NO6PS/c1-24-20-22-28(23-21-24)36-44(40,41)34-30-16-9-10-19-32(30)42-33(34)29-17-11-18-31(25(29)2)35(43(37,38)39,26-12-5-3-6-13-26)27-14-7-4-8-15-27/h3-23,36H,1-2H3,(H2,37,38,39). The average Bonchev–Trinajstić information content (AvgIpc) is 3.40. The van der Waals surface area contributed by atoms with Crippen molar-refractivity contribution in [2.45, 2.75) is 23.9 Å². The van der Waals surface area contributed by atoms with Crippen LogP contribution in [0.15, 0.2) is 137 Å². The fourth-order valence-corrected chi connectivity index (χ4v) is 8.83. The third kappa shape index (κ3) is 4.96. The van der Waals surface area contributed by atoms with Crippen LogP contribution in [0.5, 0.6) is 0 Å². The van der Waals surface area contributed by atoms with E-state index in [2.05, 4.69) is 4.72 Å². The van der Waals surface area contributed by atoms with E-state index in [4.69, 9.17) is 4.42 Å². The SMILES string of the molecule is Cc1ccc(NS(=O)(=O)c2c(-c3cccc(C(c4ccccc4)(c4ccccc4)P(=O)(O)O)c3C)oc3ccccc23)cc1. The first-order valence-electron chi connectivity index (χ1n) is 13.9. The molecule has 1 aromatic heterocycles. The van der Waals surface area contributed by atoms with Gasteiger partial charge >= 0.3 is 7.60 Å². The summed E-state index contributed by atoms with van der Waals surface area (Å²) >= 11 is 0. The first-order valence-corrected chi connectivity index (χ1v) is 17.0. The summed E-state index contributed by atoms with van der Waals surface area (Å²) in [6.07, 6.45) is 0. The van der Waals surface area contributed by atoms with Gasteiger partial charge in [0.25, 0.3) is 10.0 Å². The summed E-state index contributed by atoms with van der Waals surface area (Å²) in [6, 6.07) is 36.2. The highest BCUT2D eigenvalue weighted by Gasteiger charge is 2.52. The van der Waals surface area contributed by atoms with Crippen molar-refractivity contribution in [1.82, 2.24) is 0 Å². The lowest BCUT2D eigenvalue weighted by Crippen LogP contribution is -2.30. The van der Waals surface area contributed by atoms with Crippen LogP contribution in [-0.4, -0.2) is 18.2 Å². The van der Waals surface area contributed by atoms with Crippen LogP contribution in [0, 0.1) is 13.8 Å². The van der Waals surface area contributed by atoms with E-state index in [1.54, 1.807) is 122 Å². The van der Waals surface area contributed by atoms with Gasteiger partial charge in [0.15, 0.2) is 5.76 Å². The number of fused-ring (bicyclic) bond motifs is 1. The normalized spacial score (nSPS) is 12.4. The molecular weight excluding hydrogens is 593 g/mol. The summed E-state index contributed by atoms with van der Waals surface area (Å²) in [5.41, 5.74) is 3.74. The van der Waals surface area contributed by atoms with Gasteiger partial charge in [-0.2, -0.15) is 0 Å². The van der Waals surface area contributed by atoms with Crippen molar-refractivity contribution in [3.63, 3.8) is 0 Å². The third-order valence-corrected chi connectivity index (χ3v) is 11.0. The zero-order valence-corrected chi connectivity index (χ0v) is 25.7. The van der Waals surface area contributed by atoms with Crippen molar-refractivity contribution in [2.24, 2.45) is 0 Å². The molecule has 6 rings (SSSR count). The molecule has 5 aromatic carbocycles. The maximum Gasteiger partial charge on any atom is 0.344 e. The molecule has 0 atom stereocenters. The molecule has 9 heteroatoms. The number of rotatable bonds is 8. The summed E-state index contributed by atoms with van der Waals surface area (Å²) in [6.45, 7) is 3.65. The molecule has 0 aliphatic heterocycles. The summed E-state index contributed by atoms with van der Waals surface area (Å²) in [5, 5.41) is -1.50. The second-order valence-electron chi connectivity index (χ2n) is 10.7. The van der Waals surface area contributed by atoms with Gasteiger partial charge < -0.3 is 14.2 Å². The van der Waals surface area contributed by atoms with Crippen molar-refractivity contribution in [1.29, 1.82) is 0 Å². The van der Waals surface area contributed by atoms with E-state index in [9.17, 15) is 22.8 Å². The van der Waals surface area contributed by atoms with Crippen LogP contribution in [0.4, 0.5) is 5.69 Å². The topological polar surface area (TPSA) is 117 Å². The first kappa shape index (κ1) is 29.6. The Morgan fingerprint density at radius 1 is 0.705 bits per heavy atom. The molecule has 0 spiro atoms. The molecule has 0 bridgehead atoms. The van der Waals surface area contributed by atoms with Gasteiger partial charge in [0.05, 0.1) is 0 Å². The predicted molar refractivity (Wildman–Crippen MR) is 173 cm³/mol. The fraction of sp³-hybridized carbons (Fsp3) is 0.0857. The van der Waals surface area contributed by atoms with Gasteiger partial charge in [-0.25, -0.2) is 8.42 Å². The Kier molecular flexibility index (Phi) is 7.56. The van der Waals surface area contributed by atoms with Crippen molar-refractivity contribution in [3.8, 4) is 11.3 Å². The first-order chi connectivity index (χ1) is 21.0. The Morgan fingerprint density at radius 3 is 1.86 bits per heavy atom. The van der Waals surface area contributed by atoms with Gasteiger partial charge in [-0.05, 0) is 60.4 Å². The lowest BCUT2D eigenvalue weighted by atomic mass is 9.80. The number of aryl methyl sites for hydroxylation is 1. The summed E-state index contributed by atoms with van der Waals surface area (Å²) in [7, 11) is -9.18. The molecule has 222 valence electrons. The van der Waals surface area contributed by atoms with Gasteiger partial charge in [-0.1, -0.05) is 109 Å². The van der Waals surface area contributed by atoms with Crippen molar-refractivity contribution >= 4 is 34.3 Å². The highest BCUT2D eigenvalue weighted by molar-refractivity contribution is 7.93. The number of furan rings is 1. The van der Waals surface area contributed by atoms with Crippen molar-refractivity contribution in [2.75, 3.05) is 4.72 Å². The molecule has 0 amide bonds. The van der Waals surface area contributed by atoms with Crippen molar-refractivity contribution < 1.29 is 27.2 Å². The lowest BCUT2D eigenvalue weighted by Gasteiger charge is -2.37. The van der Waals surface area contributed by atoms with Gasteiger partial charge in [0, 0.05) is 16.6 Å². The highest BCUT2D eigenvalue weighted by atomic mass is 32.2. The number of sulfonamides is 1. The third-order valence-electron chi connectivity index (χ3n) is 7.91. The summed E-state index contributed by atoms with van der Waals surface area (Å²) in [5.74, 6) is 0.0749. The second kappa shape index (κ2) is 11.2. The molecule has 1 heterocycles. The van der Waals surface area contributed by atoms with Gasteiger partial charge in [0.2, 0.25) is 0 Å². The smallest absolute Gasteiger partial charge is 0.344 e. The molecule has 0 unspecified atom stereocenters. The van der Waals surface area contributed by atoms with Crippen LogP contribution in [0.3, 0.4) is 0 Å². The molecule has 3 N–H and O–H groups in total. The van der Waals surface area contributed by atoms with Crippen LogP contribution in [0.1, 0.15) is 27.8 Å². The predicted octanol–water partition coefficient (Wildman–Crippen LogP) is 7.99. The average molecular weight is 624 g/mol. The second-order valence-corrected chi connectivity index (χ2v) is 14.1. The van der Waals surface area contributed by atoms with Crippen molar-refractivity contribution in [3.05, 3.63) is 155 Å². The number of anilines is 1. The zero-order valence-electron chi connectivity index (χ0n) is 24.0. The zero-order chi connectivity index (χ0) is 31.1. The summed E-state index contributed by atoms with van der Waals surface area (Å²) < 4.78 is 50.9. The summed E-state index contributed by atoms with van der Waals surface area (Å²) in [4.78, 5) is 22.4. The van der Waals surface area contributed by atoms with E-state index in [1.165, 1.54) is 0 Å². The minimum atomic E-state index is -4.99. The van der Waals surface area contributed by atoms with Crippen LogP contribution < -0.4 is 4.72 Å². The van der Waals surface area contributed by atoms with E-state index >= 15 is 0 Å². The molecule has 0 aliphatic rings.